The van der Waals surface area contributed by atoms with Gasteiger partial charge in [0.15, 0.2) is 23.2 Å². The van der Waals surface area contributed by atoms with Crippen LogP contribution in [0.3, 0.4) is 0 Å². The summed E-state index contributed by atoms with van der Waals surface area (Å²) in [7, 11) is 0. The van der Waals surface area contributed by atoms with E-state index in [0.29, 0.717) is 4.90 Å². The lowest BCUT2D eigenvalue weighted by molar-refractivity contribution is -0.196. The molecule has 0 spiro atoms. The van der Waals surface area contributed by atoms with Crippen molar-refractivity contribution in [1.29, 1.82) is 0 Å². The topological polar surface area (TPSA) is 120 Å². The van der Waals surface area contributed by atoms with Crippen molar-refractivity contribution in [3.05, 3.63) is 70.8 Å². The zero-order chi connectivity index (χ0) is 30.8. The van der Waals surface area contributed by atoms with Gasteiger partial charge in [0, 0.05) is 28.4 Å². The van der Waals surface area contributed by atoms with Crippen LogP contribution in [0, 0.1) is 18.6 Å². The van der Waals surface area contributed by atoms with Crippen molar-refractivity contribution in [1.82, 2.24) is 29.5 Å². The van der Waals surface area contributed by atoms with Gasteiger partial charge in [-0.05, 0) is 31.4 Å². The summed E-state index contributed by atoms with van der Waals surface area (Å²) in [6, 6.07) is 2.60. The molecule has 0 radical (unpaired) electrons. The van der Waals surface area contributed by atoms with Crippen LogP contribution >= 0.6 is 23.4 Å². The highest BCUT2D eigenvalue weighted by Gasteiger charge is 2.55. The van der Waals surface area contributed by atoms with Gasteiger partial charge in [0.2, 0.25) is 0 Å². The lowest BCUT2D eigenvalue weighted by atomic mass is 9.91. The second-order valence-electron chi connectivity index (χ2n) is 9.97. The molecule has 0 bridgehead atoms. The van der Waals surface area contributed by atoms with Crippen LogP contribution < -0.4 is 0 Å². The molecule has 4 unspecified atom stereocenters. The smallest absolute Gasteiger partial charge is 0.388 e. The molecule has 2 fully saturated rings. The van der Waals surface area contributed by atoms with E-state index in [2.05, 4.69) is 20.2 Å². The van der Waals surface area contributed by atoms with Crippen LogP contribution in [0.1, 0.15) is 29.5 Å². The van der Waals surface area contributed by atoms with Crippen LogP contribution in [0.2, 0.25) is 5.02 Å². The van der Waals surface area contributed by atoms with Crippen molar-refractivity contribution in [3.8, 4) is 16.8 Å². The van der Waals surface area contributed by atoms with Crippen molar-refractivity contribution in [2.75, 3.05) is 12.9 Å². The Morgan fingerprint density at radius 3 is 2.60 bits per heavy atom. The van der Waals surface area contributed by atoms with Crippen LogP contribution in [0.4, 0.5) is 22.0 Å². The number of alkyl halides is 3. The molecule has 6 atom stereocenters. The minimum atomic E-state index is -4.85. The van der Waals surface area contributed by atoms with Gasteiger partial charge in [0.05, 0.1) is 23.5 Å². The number of hydrogen-bond acceptors (Lipinski definition) is 9. The second-order valence-corrected chi connectivity index (χ2v) is 11.3. The minimum Gasteiger partial charge on any atom is -0.388 e. The van der Waals surface area contributed by atoms with E-state index in [1.807, 2.05) is 0 Å². The molecule has 10 nitrogen and oxygen atoms in total. The third-order valence-corrected chi connectivity index (χ3v) is 8.27. The summed E-state index contributed by atoms with van der Waals surface area (Å²) in [5.41, 5.74) is -1.66. The van der Waals surface area contributed by atoms with Crippen LogP contribution in [0.25, 0.3) is 16.8 Å². The van der Waals surface area contributed by atoms with Crippen molar-refractivity contribution in [2.24, 2.45) is 0 Å². The first-order chi connectivity index (χ1) is 20.4. The molecule has 2 N–H and O–H groups in total. The van der Waals surface area contributed by atoms with Gasteiger partial charge in [-0.1, -0.05) is 11.6 Å². The van der Waals surface area contributed by atoms with Crippen LogP contribution in [-0.2, 0) is 15.7 Å². The van der Waals surface area contributed by atoms with Crippen molar-refractivity contribution in [3.63, 3.8) is 0 Å². The van der Waals surface area contributed by atoms with Crippen LogP contribution in [0.15, 0.2) is 41.7 Å². The normalized spacial score (nSPS) is 25.7. The molecule has 0 aliphatic carbocycles. The van der Waals surface area contributed by atoms with Gasteiger partial charge in [-0.2, -0.15) is 23.4 Å². The van der Waals surface area contributed by atoms with Gasteiger partial charge >= 0.3 is 6.18 Å². The molecule has 228 valence electrons. The van der Waals surface area contributed by atoms with E-state index in [-0.39, 0.29) is 29.4 Å². The van der Waals surface area contributed by atoms with Crippen LogP contribution in [0.5, 0.6) is 0 Å². The summed E-state index contributed by atoms with van der Waals surface area (Å²) in [4.78, 5) is 8.33. The monoisotopic (exact) mass is 644 g/mol. The highest BCUT2D eigenvalue weighted by atomic mass is 35.5. The highest BCUT2D eigenvalue weighted by Crippen LogP contribution is 2.44. The van der Waals surface area contributed by atoms with Crippen molar-refractivity contribution in [2.45, 2.75) is 54.6 Å². The predicted octanol–water partition coefficient (Wildman–Crippen LogP) is 4.31. The average molecular weight is 645 g/mol. The molecule has 2 saturated heterocycles. The number of hydrogen-bond donors (Lipinski definition) is 2. The molecule has 1 aromatic carbocycles. The summed E-state index contributed by atoms with van der Waals surface area (Å²) in [5.74, 6) is -2.55. The molecule has 3 aromatic heterocycles. The summed E-state index contributed by atoms with van der Waals surface area (Å²) >= 11 is 6.84. The molecule has 6 rings (SSSR count). The van der Waals surface area contributed by atoms with E-state index < -0.39 is 70.8 Å². The van der Waals surface area contributed by atoms with E-state index >= 15 is 0 Å². The number of benzene rings is 1. The Morgan fingerprint density at radius 1 is 1.12 bits per heavy atom. The first-order valence-corrected chi connectivity index (χ1v) is 14.4. The first-order valence-electron chi connectivity index (χ1n) is 12.8. The Kier molecular flexibility index (Phi) is 7.71. The fraction of sp³-hybridized carbons (Fsp3) is 0.385. The SMILES string of the molecule is CSc1cnc(C(F)(F)F)c(-n2nc(C)nc2[C@@H]2OC3C(O)CO[C@@H]3C(n3cc(-c4ccc(Cl)c(F)c4F)cn3)C2O)c1. The molecule has 17 heteroatoms. The largest absolute Gasteiger partial charge is 0.435 e. The molecule has 2 aliphatic heterocycles. The molecular weight excluding hydrogens is 623 g/mol. The summed E-state index contributed by atoms with van der Waals surface area (Å²) in [6.07, 6.45) is -5.69. The molecule has 0 amide bonds. The average Bonchev–Trinajstić information content (AvgIpc) is 3.69. The number of thioether (sulfide) groups is 1. The molecule has 5 heterocycles. The van der Waals surface area contributed by atoms with E-state index in [0.717, 1.165) is 10.9 Å². The van der Waals surface area contributed by atoms with E-state index in [9.17, 15) is 32.2 Å². The Labute approximate surface area is 249 Å². The second kappa shape index (κ2) is 11.1. The molecular formula is C26H22ClF5N6O4S. The van der Waals surface area contributed by atoms with E-state index in [4.69, 9.17) is 21.1 Å². The highest BCUT2D eigenvalue weighted by molar-refractivity contribution is 7.98. The summed E-state index contributed by atoms with van der Waals surface area (Å²) in [6.45, 7) is 1.29. The van der Waals surface area contributed by atoms with Crippen LogP contribution in [-0.4, -0.2) is 77.0 Å². The molecule has 2 aliphatic rings. The minimum absolute atomic E-state index is 0.0805. The zero-order valence-electron chi connectivity index (χ0n) is 22.2. The first kappa shape index (κ1) is 29.9. The number of aliphatic hydroxyl groups excluding tert-OH is 2. The Morgan fingerprint density at radius 2 is 1.88 bits per heavy atom. The standard InChI is InChI=1S/C26H22ClF5N6O4S/c1-10-35-25(38(36-10)15-5-12(43-2)7-33-24(15)26(30,31)32)23-20(40)19(22-21(42-23)16(39)9-41-22)37-8-11(6-34-37)13-3-4-14(27)18(29)17(13)28/h3-8,16,19-23,39-40H,9H2,1-2H3/t16?,19?,20?,21?,22-,23-/m1/s1. The Hall–Kier alpha value is -3.15. The fourth-order valence-electron chi connectivity index (χ4n) is 5.33. The van der Waals surface area contributed by atoms with E-state index in [1.54, 1.807) is 6.26 Å². The van der Waals surface area contributed by atoms with Gasteiger partial charge in [0.1, 0.15) is 42.4 Å². The number of nitrogens with zero attached hydrogens (tertiary/aromatic N) is 6. The number of pyridine rings is 1. The Bertz CT molecular complexity index is 1690. The lowest BCUT2D eigenvalue weighted by Crippen LogP contribution is -2.52. The maximum Gasteiger partial charge on any atom is 0.435 e. The van der Waals surface area contributed by atoms with Gasteiger partial charge in [-0.15, -0.1) is 11.8 Å². The van der Waals surface area contributed by atoms with Gasteiger partial charge in [0.25, 0.3) is 0 Å². The molecule has 43 heavy (non-hydrogen) atoms. The molecule has 0 saturated carbocycles. The third-order valence-electron chi connectivity index (χ3n) is 7.28. The van der Waals surface area contributed by atoms with Gasteiger partial charge in [-0.3, -0.25) is 4.68 Å². The Balaban J connectivity index is 1.44. The van der Waals surface area contributed by atoms with Gasteiger partial charge in [-0.25, -0.2) is 23.4 Å². The summed E-state index contributed by atoms with van der Waals surface area (Å²) in [5, 5.41) is 30.3. The van der Waals surface area contributed by atoms with Crippen molar-refractivity contribution < 1.29 is 41.6 Å². The number of aliphatic hydroxyl groups is 2. The zero-order valence-corrected chi connectivity index (χ0v) is 23.8. The number of rotatable bonds is 5. The number of aryl methyl sites for hydroxylation is 1. The van der Waals surface area contributed by atoms with Crippen molar-refractivity contribution >= 4 is 23.4 Å². The summed E-state index contributed by atoms with van der Waals surface area (Å²) < 4.78 is 84.9. The number of aromatic nitrogens is 6. The molecule has 4 aromatic rings. The number of fused-ring (bicyclic) bond motifs is 1. The van der Waals surface area contributed by atoms with E-state index in [1.165, 1.54) is 54.0 Å². The fourth-order valence-corrected chi connectivity index (χ4v) is 5.86. The quantitative estimate of drug-likeness (QED) is 0.186. The number of ether oxygens (including phenoxy) is 2. The lowest BCUT2D eigenvalue weighted by Gasteiger charge is -2.41. The third kappa shape index (κ3) is 5.19. The van der Waals surface area contributed by atoms with Gasteiger partial charge < -0.3 is 19.7 Å². The predicted molar refractivity (Wildman–Crippen MR) is 142 cm³/mol. The maximum atomic E-state index is 14.7. The number of halogens is 6. The maximum absolute atomic E-state index is 14.7.